The van der Waals surface area contributed by atoms with E-state index in [1.165, 1.54) is 11.8 Å². The number of nitrogens with one attached hydrogen (secondary N) is 1. The molecular weight excluding hydrogens is 360 g/mol. The summed E-state index contributed by atoms with van der Waals surface area (Å²) in [6, 6.07) is 4.61. The number of carboxylic acids is 1. The minimum absolute atomic E-state index is 0.209. The highest BCUT2D eigenvalue weighted by atomic mass is 32.2. The molecule has 2 aromatic heterocycles. The predicted octanol–water partition coefficient (Wildman–Crippen LogP) is 4.14. The molecule has 0 aromatic carbocycles. The van der Waals surface area contributed by atoms with E-state index in [2.05, 4.69) is 34.5 Å². The van der Waals surface area contributed by atoms with Crippen molar-refractivity contribution in [2.75, 3.05) is 0 Å². The lowest BCUT2D eigenvalue weighted by atomic mass is 10.1. The highest BCUT2D eigenvalue weighted by Gasteiger charge is 2.13. The van der Waals surface area contributed by atoms with Crippen LogP contribution in [0.25, 0.3) is 12.2 Å². The third-order valence-electron chi connectivity index (χ3n) is 3.42. The molecule has 0 fully saturated rings. The SMILES string of the molecule is C=Cc1nc(SCc2cccc(CC(N)C(=O)O)n2)[nH]c1/C=C\CC.CC. The van der Waals surface area contributed by atoms with Gasteiger partial charge in [0.05, 0.1) is 17.1 Å². The highest BCUT2D eigenvalue weighted by Crippen LogP contribution is 2.22. The van der Waals surface area contributed by atoms with Crippen LogP contribution in [0.5, 0.6) is 0 Å². The van der Waals surface area contributed by atoms with Gasteiger partial charge >= 0.3 is 5.97 Å². The molecule has 0 radical (unpaired) electrons. The molecule has 0 saturated heterocycles. The molecule has 0 bridgehead atoms. The monoisotopic (exact) mass is 388 g/mol. The predicted molar refractivity (Wildman–Crippen MR) is 112 cm³/mol. The van der Waals surface area contributed by atoms with Crippen LogP contribution in [0.2, 0.25) is 0 Å². The first-order chi connectivity index (χ1) is 13.0. The van der Waals surface area contributed by atoms with Gasteiger partial charge < -0.3 is 15.8 Å². The number of thioether (sulfide) groups is 1. The summed E-state index contributed by atoms with van der Waals surface area (Å²) in [7, 11) is 0. The number of rotatable bonds is 9. The molecule has 0 saturated carbocycles. The number of H-pyrrole nitrogens is 1. The molecule has 0 aliphatic carbocycles. The van der Waals surface area contributed by atoms with E-state index in [1.54, 1.807) is 12.1 Å². The third kappa shape index (κ3) is 7.40. The zero-order chi connectivity index (χ0) is 20.2. The summed E-state index contributed by atoms with van der Waals surface area (Å²) in [5.74, 6) is -0.404. The van der Waals surface area contributed by atoms with Gasteiger partial charge in [0.25, 0.3) is 0 Å². The first kappa shape index (κ1) is 22.7. The van der Waals surface area contributed by atoms with Crippen molar-refractivity contribution in [1.29, 1.82) is 0 Å². The maximum Gasteiger partial charge on any atom is 0.320 e. The second-order valence-electron chi connectivity index (χ2n) is 5.41. The molecule has 2 heterocycles. The number of pyridine rings is 1. The molecule has 2 rings (SSSR count). The van der Waals surface area contributed by atoms with Gasteiger partial charge in [0.1, 0.15) is 6.04 Å². The molecule has 7 heteroatoms. The first-order valence-electron chi connectivity index (χ1n) is 8.98. The Labute approximate surface area is 165 Å². The fourth-order valence-corrected chi connectivity index (χ4v) is 2.93. The van der Waals surface area contributed by atoms with Crippen LogP contribution in [0.1, 0.15) is 50.0 Å². The minimum Gasteiger partial charge on any atom is -0.480 e. The Kier molecular flexibility index (Phi) is 10.1. The molecule has 27 heavy (non-hydrogen) atoms. The standard InChI is InChI=1S/C18H22N4O2S.C2H6/c1-3-5-9-16-15(4-2)21-18(22-16)25-11-13-8-6-7-12(20-13)10-14(19)17(23)24;1-2/h4-9,14H,2-3,10-11,19H2,1H3,(H,21,22)(H,23,24);1-2H3/b9-5-;. The first-order valence-corrected chi connectivity index (χ1v) is 9.97. The van der Waals surface area contributed by atoms with Crippen molar-refractivity contribution in [3.8, 4) is 0 Å². The van der Waals surface area contributed by atoms with Crippen LogP contribution in [0.4, 0.5) is 0 Å². The van der Waals surface area contributed by atoms with E-state index >= 15 is 0 Å². The molecule has 0 aliphatic heterocycles. The molecule has 0 amide bonds. The number of hydrogen-bond donors (Lipinski definition) is 3. The number of aliphatic carboxylic acids is 1. The number of aromatic amines is 1. The van der Waals surface area contributed by atoms with E-state index in [4.69, 9.17) is 10.8 Å². The Morgan fingerprint density at radius 2 is 2.07 bits per heavy atom. The van der Waals surface area contributed by atoms with E-state index in [-0.39, 0.29) is 6.42 Å². The molecular formula is C20H28N4O2S. The molecule has 1 unspecified atom stereocenters. The van der Waals surface area contributed by atoms with Crippen molar-refractivity contribution in [2.45, 2.75) is 50.6 Å². The molecule has 0 spiro atoms. The number of allylic oxidation sites excluding steroid dienone is 1. The lowest BCUT2D eigenvalue weighted by molar-refractivity contribution is -0.138. The molecule has 4 N–H and O–H groups in total. The number of nitrogens with two attached hydrogens (primary N) is 1. The maximum atomic E-state index is 10.9. The Morgan fingerprint density at radius 3 is 2.70 bits per heavy atom. The Bertz CT molecular complexity index is 771. The third-order valence-corrected chi connectivity index (χ3v) is 4.33. The van der Waals surface area contributed by atoms with E-state index in [9.17, 15) is 4.79 Å². The van der Waals surface area contributed by atoms with Gasteiger partial charge in [-0.05, 0) is 30.7 Å². The van der Waals surface area contributed by atoms with Crippen molar-refractivity contribution in [3.05, 3.63) is 53.6 Å². The topological polar surface area (TPSA) is 105 Å². The largest absolute Gasteiger partial charge is 0.480 e. The number of nitrogens with zero attached hydrogens (tertiary/aromatic N) is 2. The van der Waals surface area contributed by atoms with Gasteiger partial charge in [0, 0.05) is 17.9 Å². The number of carbonyl (C=O) groups is 1. The quantitative estimate of drug-likeness (QED) is 0.558. The Balaban J connectivity index is 0.00000176. The summed E-state index contributed by atoms with van der Waals surface area (Å²) in [4.78, 5) is 23.1. The second-order valence-corrected chi connectivity index (χ2v) is 6.38. The van der Waals surface area contributed by atoms with Gasteiger partial charge in [-0.2, -0.15) is 0 Å². The molecule has 2 aromatic rings. The Hall–Kier alpha value is -2.38. The molecule has 146 valence electrons. The van der Waals surface area contributed by atoms with Crippen LogP contribution < -0.4 is 5.73 Å². The normalized spacial score (nSPS) is 11.7. The zero-order valence-corrected chi connectivity index (χ0v) is 16.9. The summed E-state index contributed by atoms with van der Waals surface area (Å²) < 4.78 is 0. The maximum absolute atomic E-state index is 10.9. The van der Waals surface area contributed by atoms with Gasteiger partial charge in [-0.15, -0.1) is 0 Å². The van der Waals surface area contributed by atoms with Gasteiger partial charge in [-0.25, -0.2) is 4.98 Å². The van der Waals surface area contributed by atoms with Crippen molar-refractivity contribution < 1.29 is 9.90 Å². The van der Waals surface area contributed by atoms with Gasteiger partial charge in [0.2, 0.25) is 0 Å². The van der Waals surface area contributed by atoms with Crippen molar-refractivity contribution >= 4 is 29.9 Å². The molecule has 0 aliphatic rings. The summed E-state index contributed by atoms with van der Waals surface area (Å²) >= 11 is 1.53. The second kappa shape index (κ2) is 12.1. The van der Waals surface area contributed by atoms with E-state index in [1.807, 2.05) is 32.1 Å². The smallest absolute Gasteiger partial charge is 0.320 e. The van der Waals surface area contributed by atoms with Crippen molar-refractivity contribution in [3.63, 3.8) is 0 Å². The fourth-order valence-electron chi connectivity index (χ4n) is 2.14. The van der Waals surface area contributed by atoms with Crippen LogP contribution in [0, 0.1) is 0 Å². The lowest BCUT2D eigenvalue weighted by Gasteiger charge is -2.07. The van der Waals surface area contributed by atoms with Crippen LogP contribution in [-0.2, 0) is 17.0 Å². The lowest BCUT2D eigenvalue weighted by Crippen LogP contribution is -2.32. The average molecular weight is 389 g/mol. The van der Waals surface area contributed by atoms with Crippen LogP contribution in [0.15, 0.2) is 36.0 Å². The molecule has 6 nitrogen and oxygen atoms in total. The van der Waals surface area contributed by atoms with Crippen LogP contribution in [0.3, 0.4) is 0 Å². The number of carboxylic acid groups (broad SMARTS) is 1. The van der Waals surface area contributed by atoms with E-state index < -0.39 is 12.0 Å². The summed E-state index contributed by atoms with van der Waals surface area (Å²) in [6.45, 7) is 9.86. The number of imidazole rings is 1. The Morgan fingerprint density at radius 1 is 1.37 bits per heavy atom. The average Bonchev–Trinajstić information content (AvgIpc) is 3.08. The zero-order valence-electron chi connectivity index (χ0n) is 16.1. The van der Waals surface area contributed by atoms with Gasteiger partial charge in [-0.1, -0.05) is 51.3 Å². The number of aromatic nitrogens is 3. The summed E-state index contributed by atoms with van der Waals surface area (Å²) in [6.07, 6.45) is 6.95. The van der Waals surface area contributed by atoms with Crippen LogP contribution in [-0.4, -0.2) is 32.1 Å². The number of hydrogen-bond acceptors (Lipinski definition) is 5. The fraction of sp³-hybridized carbons (Fsp3) is 0.350. The minimum atomic E-state index is -1.03. The van der Waals surface area contributed by atoms with Gasteiger partial charge in [0.15, 0.2) is 5.16 Å². The van der Waals surface area contributed by atoms with Crippen molar-refractivity contribution in [1.82, 2.24) is 15.0 Å². The molecule has 1 atom stereocenters. The van der Waals surface area contributed by atoms with E-state index in [0.29, 0.717) is 11.4 Å². The summed E-state index contributed by atoms with van der Waals surface area (Å²) in [5, 5.41) is 9.69. The van der Waals surface area contributed by atoms with Gasteiger partial charge in [-0.3, -0.25) is 9.78 Å². The highest BCUT2D eigenvalue weighted by molar-refractivity contribution is 7.98. The summed E-state index contributed by atoms with van der Waals surface area (Å²) in [5.41, 5.74) is 8.84. The van der Waals surface area contributed by atoms with E-state index in [0.717, 1.165) is 28.7 Å². The van der Waals surface area contributed by atoms with Crippen molar-refractivity contribution in [2.24, 2.45) is 5.73 Å². The van der Waals surface area contributed by atoms with Crippen LogP contribution >= 0.6 is 11.8 Å².